The Bertz CT molecular complexity index is 991. The Morgan fingerprint density at radius 3 is 2.35 bits per heavy atom. The summed E-state index contributed by atoms with van der Waals surface area (Å²) in [5.41, 5.74) is 2.47. The molecule has 6 heteroatoms. The molecule has 0 spiro atoms. The van der Waals surface area contributed by atoms with Gasteiger partial charge < -0.3 is 19.3 Å². The van der Waals surface area contributed by atoms with Crippen LogP contribution in [-0.2, 0) is 0 Å². The summed E-state index contributed by atoms with van der Waals surface area (Å²) in [4.78, 5) is 2.45. The molecule has 6 nitrogen and oxygen atoms in total. The van der Waals surface area contributed by atoms with Gasteiger partial charge in [0.15, 0.2) is 11.5 Å². The SMILES string of the molecule is COc1ccc(-n2ccc(-c3ccc(OC)c(OCCN4CCCCC4)c3)c2O)cc1. The zero-order chi connectivity index (χ0) is 21.6. The van der Waals surface area contributed by atoms with Gasteiger partial charge >= 0.3 is 0 Å². The monoisotopic (exact) mass is 422 g/mol. The van der Waals surface area contributed by atoms with Crippen LogP contribution in [0.15, 0.2) is 54.7 Å². The van der Waals surface area contributed by atoms with Crippen molar-refractivity contribution in [3.8, 4) is 39.9 Å². The highest BCUT2D eigenvalue weighted by Gasteiger charge is 2.15. The second kappa shape index (κ2) is 9.79. The minimum atomic E-state index is 0.176. The Balaban J connectivity index is 1.52. The van der Waals surface area contributed by atoms with E-state index in [2.05, 4.69) is 4.90 Å². The van der Waals surface area contributed by atoms with Gasteiger partial charge in [0.1, 0.15) is 12.4 Å². The van der Waals surface area contributed by atoms with Gasteiger partial charge in [-0.2, -0.15) is 0 Å². The van der Waals surface area contributed by atoms with Crippen LogP contribution in [0.3, 0.4) is 0 Å². The van der Waals surface area contributed by atoms with Crippen molar-refractivity contribution in [1.82, 2.24) is 9.47 Å². The molecule has 0 radical (unpaired) electrons. The first-order valence-corrected chi connectivity index (χ1v) is 10.8. The Labute approximate surface area is 183 Å². The van der Waals surface area contributed by atoms with Gasteiger partial charge in [-0.25, -0.2) is 0 Å². The van der Waals surface area contributed by atoms with E-state index in [1.54, 1.807) is 18.8 Å². The summed E-state index contributed by atoms with van der Waals surface area (Å²) in [5, 5.41) is 10.9. The van der Waals surface area contributed by atoms with Crippen LogP contribution in [-0.4, -0.2) is 55.0 Å². The maximum Gasteiger partial charge on any atom is 0.203 e. The zero-order valence-electron chi connectivity index (χ0n) is 18.2. The molecule has 2 aromatic carbocycles. The molecule has 0 bridgehead atoms. The van der Waals surface area contributed by atoms with Crippen molar-refractivity contribution in [2.45, 2.75) is 19.3 Å². The first-order chi connectivity index (χ1) is 15.2. The van der Waals surface area contributed by atoms with E-state index in [-0.39, 0.29) is 5.88 Å². The molecule has 2 heterocycles. The van der Waals surface area contributed by atoms with Gasteiger partial charge in [0.2, 0.25) is 5.88 Å². The fourth-order valence-electron chi connectivity index (χ4n) is 4.03. The number of hydrogen-bond acceptors (Lipinski definition) is 5. The first kappa shape index (κ1) is 21.1. The smallest absolute Gasteiger partial charge is 0.203 e. The fourth-order valence-corrected chi connectivity index (χ4v) is 4.03. The topological polar surface area (TPSA) is 56.1 Å². The van der Waals surface area contributed by atoms with Crippen LogP contribution in [0.25, 0.3) is 16.8 Å². The van der Waals surface area contributed by atoms with Crippen LogP contribution < -0.4 is 14.2 Å². The molecular weight excluding hydrogens is 392 g/mol. The Morgan fingerprint density at radius 2 is 1.65 bits per heavy atom. The lowest BCUT2D eigenvalue weighted by Crippen LogP contribution is -2.33. The molecule has 0 unspecified atom stereocenters. The first-order valence-electron chi connectivity index (χ1n) is 10.8. The minimum absolute atomic E-state index is 0.176. The van der Waals surface area contributed by atoms with Crippen molar-refractivity contribution < 1.29 is 19.3 Å². The third-order valence-corrected chi connectivity index (χ3v) is 5.80. The molecule has 1 fully saturated rings. The summed E-state index contributed by atoms with van der Waals surface area (Å²) < 4.78 is 18.5. The van der Waals surface area contributed by atoms with E-state index in [9.17, 15) is 5.11 Å². The van der Waals surface area contributed by atoms with Gasteiger partial charge in [-0.15, -0.1) is 0 Å². The summed E-state index contributed by atoms with van der Waals surface area (Å²) in [5.74, 6) is 2.33. The predicted molar refractivity (Wildman–Crippen MR) is 122 cm³/mol. The molecule has 3 aromatic rings. The largest absolute Gasteiger partial charge is 0.497 e. The number of ether oxygens (including phenoxy) is 3. The van der Waals surface area contributed by atoms with Crippen LogP contribution in [0.4, 0.5) is 0 Å². The van der Waals surface area contributed by atoms with Crippen molar-refractivity contribution in [3.05, 3.63) is 54.7 Å². The van der Waals surface area contributed by atoms with Crippen LogP contribution >= 0.6 is 0 Å². The maximum atomic E-state index is 10.9. The molecule has 1 aliphatic heterocycles. The minimum Gasteiger partial charge on any atom is -0.497 e. The van der Waals surface area contributed by atoms with E-state index in [0.717, 1.165) is 42.2 Å². The average Bonchev–Trinajstić information content (AvgIpc) is 3.21. The molecule has 1 saturated heterocycles. The fraction of sp³-hybridized carbons (Fsp3) is 0.360. The summed E-state index contributed by atoms with van der Waals surface area (Å²) in [6, 6.07) is 15.2. The normalized spacial score (nSPS) is 14.4. The zero-order valence-corrected chi connectivity index (χ0v) is 18.2. The van der Waals surface area contributed by atoms with Crippen molar-refractivity contribution in [2.75, 3.05) is 40.5 Å². The third-order valence-electron chi connectivity index (χ3n) is 5.80. The van der Waals surface area contributed by atoms with Crippen molar-refractivity contribution in [2.24, 2.45) is 0 Å². The third kappa shape index (κ3) is 4.80. The Morgan fingerprint density at radius 1 is 0.871 bits per heavy atom. The quantitative estimate of drug-likeness (QED) is 0.569. The molecule has 0 atom stereocenters. The van der Waals surface area contributed by atoms with E-state index in [1.165, 1.54) is 19.3 Å². The molecule has 1 aromatic heterocycles. The number of nitrogens with zero attached hydrogens (tertiary/aromatic N) is 2. The summed E-state index contributed by atoms with van der Waals surface area (Å²) in [7, 11) is 3.28. The van der Waals surface area contributed by atoms with Crippen molar-refractivity contribution >= 4 is 0 Å². The van der Waals surface area contributed by atoms with Gasteiger partial charge in [-0.05, 0) is 74.0 Å². The average molecular weight is 423 g/mol. The summed E-state index contributed by atoms with van der Waals surface area (Å²) in [6.07, 6.45) is 5.72. The van der Waals surface area contributed by atoms with E-state index < -0.39 is 0 Å². The highest BCUT2D eigenvalue weighted by Crippen LogP contribution is 2.38. The van der Waals surface area contributed by atoms with E-state index >= 15 is 0 Å². The number of aromatic nitrogens is 1. The van der Waals surface area contributed by atoms with Crippen molar-refractivity contribution in [3.63, 3.8) is 0 Å². The molecule has 1 N–H and O–H groups in total. The lowest BCUT2D eigenvalue weighted by Gasteiger charge is -2.26. The van der Waals surface area contributed by atoms with Gasteiger partial charge in [0.05, 0.1) is 14.2 Å². The second-order valence-electron chi connectivity index (χ2n) is 7.74. The number of piperidine rings is 1. The Kier molecular flexibility index (Phi) is 6.67. The molecule has 31 heavy (non-hydrogen) atoms. The lowest BCUT2D eigenvalue weighted by atomic mass is 10.1. The standard InChI is InChI=1S/C25H30N2O4/c1-29-21-9-7-20(8-10-21)27-15-12-22(25(27)28)19-6-11-23(30-2)24(18-19)31-17-16-26-13-4-3-5-14-26/h6-12,15,18,28H,3-5,13-14,16-17H2,1-2H3. The molecule has 1 aliphatic rings. The van der Waals surface area contributed by atoms with Gasteiger partial charge in [-0.3, -0.25) is 9.47 Å². The van der Waals surface area contributed by atoms with Crippen LogP contribution in [0, 0.1) is 0 Å². The number of benzene rings is 2. The van der Waals surface area contributed by atoms with E-state index in [4.69, 9.17) is 14.2 Å². The maximum absolute atomic E-state index is 10.9. The van der Waals surface area contributed by atoms with Crippen molar-refractivity contribution in [1.29, 1.82) is 0 Å². The molecular formula is C25H30N2O4. The second-order valence-corrected chi connectivity index (χ2v) is 7.74. The van der Waals surface area contributed by atoms with Crippen LogP contribution in [0.5, 0.6) is 23.1 Å². The number of likely N-dealkylation sites (tertiary alicyclic amines) is 1. The van der Waals surface area contributed by atoms with Crippen LogP contribution in [0.2, 0.25) is 0 Å². The number of aromatic hydroxyl groups is 1. The van der Waals surface area contributed by atoms with E-state index in [0.29, 0.717) is 18.1 Å². The number of hydrogen-bond donors (Lipinski definition) is 1. The summed E-state index contributed by atoms with van der Waals surface area (Å²) >= 11 is 0. The highest BCUT2D eigenvalue weighted by molar-refractivity contribution is 5.72. The lowest BCUT2D eigenvalue weighted by molar-refractivity contribution is 0.180. The van der Waals surface area contributed by atoms with Gasteiger partial charge in [0, 0.05) is 24.0 Å². The van der Waals surface area contributed by atoms with E-state index in [1.807, 2.05) is 54.7 Å². The predicted octanol–water partition coefficient (Wildman–Crippen LogP) is 4.73. The van der Waals surface area contributed by atoms with Gasteiger partial charge in [0.25, 0.3) is 0 Å². The van der Waals surface area contributed by atoms with Gasteiger partial charge in [-0.1, -0.05) is 12.5 Å². The Hall–Kier alpha value is -3.12. The molecule has 164 valence electrons. The molecule has 0 aliphatic carbocycles. The number of rotatable bonds is 8. The summed E-state index contributed by atoms with van der Waals surface area (Å²) in [6.45, 7) is 3.81. The highest BCUT2D eigenvalue weighted by atomic mass is 16.5. The molecule has 0 saturated carbocycles. The molecule has 4 rings (SSSR count). The molecule has 0 amide bonds. The number of methoxy groups -OCH3 is 2. The van der Waals surface area contributed by atoms with Crippen LogP contribution in [0.1, 0.15) is 19.3 Å².